The Kier molecular flexibility index (Phi) is 6.95. The van der Waals surface area contributed by atoms with Crippen molar-refractivity contribution in [3.05, 3.63) is 42.4 Å². The van der Waals surface area contributed by atoms with Gasteiger partial charge in [0.25, 0.3) is 0 Å². The summed E-state index contributed by atoms with van der Waals surface area (Å²) in [6.07, 6.45) is 4.43. The van der Waals surface area contributed by atoms with E-state index in [1.54, 1.807) is 13.1 Å². The number of esters is 1. The van der Waals surface area contributed by atoms with E-state index < -0.39 is 11.5 Å². The number of amides is 1. The number of rotatable bonds is 9. The molecule has 6 heteroatoms. The SMILES string of the molecule is CCCC(C)(NC(=O)CCCc1ncc(-c2ccccc2)o1)C(=O)OC. The van der Waals surface area contributed by atoms with E-state index in [-0.39, 0.29) is 5.91 Å². The monoisotopic (exact) mass is 358 g/mol. The molecule has 1 amide bonds. The highest BCUT2D eigenvalue weighted by atomic mass is 16.5. The normalized spacial score (nSPS) is 13.0. The van der Waals surface area contributed by atoms with Crippen molar-refractivity contribution in [2.24, 2.45) is 0 Å². The van der Waals surface area contributed by atoms with Crippen LogP contribution in [0.5, 0.6) is 0 Å². The number of carbonyl (C=O) groups is 2. The number of aromatic nitrogens is 1. The molecule has 2 rings (SSSR count). The summed E-state index contributed by atoms with van der Waals surface area (Å²) in [6.45, 7) is 3.65. The molecule has 0 aliphatic rings. The molecule has 2 aromatic rings. The summed E-state index contributed by atoms with van der Waals surface area (Å²) in [7, 11) is 1.33. The standard InChI is InChI=1S/C20H26N2O4/c1-4-13-20(2,19(24)25-3)22-17(23)11-8-12-18-21-14-16(26-18)15-9-6-5-7-10-15/h5-7,9-10,14H,4,8,11-13H2,1-3H3,(H,22,23). The lowest BCUT2D eigenvalue weighted by molar-refractivity contribution is -0.150. The molecule has 1 aromatic heterocycles. The summed E-state index contributed by atoms with van der Waals surface area (Å²) in [5, 5.41) is 2.80. The molecule has 0 aliphatic carbocycles. The van der Waals surface area contributed by atoms with Crippen LogP contribution in [0.4, 0.5) is 0 Å². The van der Waals surface area contributed by atoms with E-state index in [2.05, 4.69) is 10.3 Å². The topological polar surface area (TPSA) is 81.4 Å². The quantitative estimate of drug-likeness (QED) is 0.694. The Morgan fingerprint density at radius 2 is 2.00 bits per heavy atom. The van der Waals surface area contributed by atoms with E-state index in [0.29, 0.717) is 37.3 Å². The Bertz CT molecular complexity index is 726. The van der Waals surface area contributed by atoms with Gasteiger partial charge in [0.15, 0.2) is 11.7 Å². The van der Waals surface area contributed by atoms with Crippen LogP contribution in [0.25, 0.3) is 11.3 Å². The third kappa shape index (κ3) is 5.18. The average molecular weight is 358 g/mol. The van der Waals surface area contributed by atoms with E-state index in [4.69, 9.17) is 9.15 Å². The molecule has 1 atom stereocenters. The van der Waals surface area contributed by atoms with Gasteiger partial charge in [0.1, 0.15) is 5.54 Å². The summed E-state index contributed by atoms with van der Waals surface area (Å²) >= 11 is 0. The van der Waals surface area contributed by atoms with E-state index in [1.165, 1.54) is 7.11 Å². The van der Waals surface area contributed by atoms with Crippen LogP contribution >= 0.6 is 0 Å². The number of nitrogens with one attached hydrogen (secondary N) is 1. The molecule has 0 spiro atoms. The first kappa shape index (κ1) is 19.7. The number of oxazole rings is 1. The number of aryl methyl sites for hydroxylation is 1. The second-order valence-corrected chi connectivity index (χ2v) is 6.46. The maximum absolute atomic E-state index is 12.2. The highest BCUT2D eigenvalue weighted by molar-refractivity contribution is 5.87. The van der Waals surface area contributed by atoms with E-state index in [1.807, 2.05) is 37.3 Å². The second kappa shape index (κ2) is 9.17. The van der Waals surface area contributed by atoms with Crippen molar-refractivity contribution >= 4 is 11.9 Å². The summed E-state index contributed by atoms with van der Waals surface area (Å²) in [6, 6.07) is 9.74. The zero-order chi connectivity index (χ0) is 19.0. The van der Waals surface area contributed by atoms with Crippen LogP contribution in [-0.4, -0.2) is 29.5 Å². The van der Waals surface area contributed by atoms with Crippen LogP contribution < -0.4 is 5.32 Å². The Labute approximate surface area is 154 Å². The molecular formula is C20H26N2O4. The highest BCUT2D eigenvalue weighted by Crippen LogP contribution is 2.20. The molecule has 26 heavy (non-hydrogen) atoms. The van der Waals surface area contributed by atoms with Crippen molar-refractivity contribution in [3.8, 4) is 11.3 Å². The van der Waals surface area contributed by atoms with Crippen molar-refractivity contribution in [1.29, 1.82) is 0 Å². The smallest absolute Gasteiger partial charge is 0.331 e. The van der Waals surface area contributed by atoms with Crippen LogP contribution in [0.3, 0.4) is 0 Å². The zero-order valence-corrected chi connectivity index (χ0v) is 15.6. The molecule has 140 valence electrons. The minimum Gasteiger partial charge on any atom is -0.467 e. The third-order valence-corrected chi connectivity index (χ3v) is 4.21. The zero-order valence-electron chi connectivity index (χ0n) is 15.6. The minimum atomic E-state index is -0.982. The van der Waals surface area contributed by atoms with Gasteiger partial charge in [-0.25, -0.2) is 9.78 Å². The highest BCUT2D eigenvalue weighted by Gasteiger charge is 2.34. The first-order valence-corrected chi connectivity index (χ1v) is 8.88. The minimum absolute atomic E-state index is 0.179. The Morgan fingerprint density at radius 1 is 1.27 bits per heavy atom. The summed E-state index contributed by atoms with van der Waals surface area (Å²) in [5.41, 5.74) is -0.0123. The largest absolute Gasteiger partial charge is 0.467 e. The third-order valence-electron chi connectivity index (χ3n) is 4.21. The van der Waals surface area contributed by atoms with Gasteiger partial charge in [-0.05, 0) is 19.8 Å². The van der Waals surface area contributed by atoms with Gasteiger partial charge in [-0.3, -0.25) is 4.79 Å². The number of methoxy groups -OCH3 is 1. The van der Waals surface area contributed by atoms with Crippen LogP contribution in [0.15, 0.2) is 40.9 Å². The fourth-order valence-corrected chi connectivity index (χ4v) is 2.87. The van der Waals surface area contributed by atoms with Gasteiger partial charge in [-0.15, -0.1) is 0 Å². The van der Waals surface area contributed by atoms with Crippen LogP contribution in [0, 0.1) is 0 Å². The predicted octanol–water partition coefficient (Wildman–Crippen LogP) is 3.51. The van der Waals surface area contributed by atoms with Gasteiger partial charge in [0.2, 0.25) is 5.91 Å². The van der Waals surface area contributed by atoms with Crippen LogP contribution in [0.2, 0.25) is 0 Å². The van der Waals surface area contributed by atoms with Gasteiger partial charge in [-0.1, -0.05) is 43.7 Å². The lowest BCUT2D eigenvalue weighted by Gasteiger charge is -2.27. The number of ether oxygens (including phenoxy) is 1. The van der Waals surface area contributed by atoms with Crippen molar-refractivity contribution in [1.82, 2.24) is 10.3 Å². The Balaban J connectivity index is 1.85. The maximum Gasteiger partial charge on any atom is 0.331 e. The second-order valence-electron chi connectivity index (χ2n) is 6.46. The van der Waals surface area contributed by atoms with Crippen LogP contribution in [0.1, 0.15) is 45.4 Å². The fraction of sp³-hybridized carbons (Fsp3) is 0.450. The van der Waals surface area contributed by atoms with Crippen molar-refractivity contribution < 1.29 is 18.7 Å². The Hall–Kier alpha value is -2.63. The molecule has 0 saturated heterocycles. The van der Waals surface area contributed by atoms with Gasteiger partial charge >= 0.3 is 5.97 Å². The summed E-state index contributed by atoms with van der Waals surface area (Å²) < 4.78 is 10.5. The predicted molar refractivity (Wildman–Crippen MR) is 98.3 cm³/mol. The lowest BCUT2D eigenvalue weighted by Crippen LogP contribution is -2.52. The molecule has 0 saturated carbocycles. The average Bonchev–Trinajstić information content (AvgIpc) is 3.10. The lowest BCUT2D eigenvalue weighted by atomic mass is 9.96. The van der Waals surface area contributed by atoms with Gasteiger partial charge in [0.05, 0.1) is 13.3 Å². The summed E-state index contributed by atoms with van der Waals surface area (Å²) in [4.78, 5) is 28.4. The van der Waals surface area contributed by atoms with E-state index >= 15 is 0 Å². The van der Waals surface area contributed by atoms with Crippen molar-refractivity contribution in [2.45, 2.75) is 51.5 Å². The summed E-state index contributed by atoms with van der Waals surface area (Å²) in [5.74, 6) is 0.710. The fourth-order valence-electron chi connectivity index (χ4n) is 2.87. The first-order chi connectivity index (χ1) is 12.5. The van der Waals surface area contributed by atoms with Crippen molar-refractivity contribution in [3.63, 3.8) is 0 Å². The molecule has 1 N–H and O–H groups in total. The van der Waals surface area contributed by atoms with E-state index in [9.17, 15) is 9.59 Å². The molecule has 1 heterocycles. The molecule has 1 unspecified atom stereocenters. The molecule has 0 fully saturated rings. The van der Waals surface area contributed by atoms with Crippen LogP contribution in [-0.2, 0) is 20.7 Å². The number of carbonyl (C=O) groups excluding carboxylic acids is 2. The molecule has 6 nitrogen and oxygen atoms in total. The molecule has 0 radical (unpaired) electrons. The number of nitrogens with zero attached hydrogens (tertiary/aromatic N) is 1. The Morgan fingerprint density at radius 3 is 2.65 bits per heavy atom. The molecule has 0 aliphatic heterocycles. The van der Waals surface area contributed by atoms with Gasteiger partial charge in [0, 0.05) is 18.4 Å². The first-order valence-electron chi connectivity index (χ1n) is 8.88. The van der Waals surface area contributed by atoms with E-state index in [0.717, 1.165) is 12.0 Å². The molecular weight excluding hydrogens is 332 g/mol. The van der Waals surface area contributed by atoms with Gasteiger partial charge < -0.3 is 14.5 Å². The molecule has 1 aromatic carbocycles. The van der Waals surface area contributed by atoms with Gasteiger partial charge in [-0.2, -0.15) is 0 Å². The number of hydrogen-bond donors (Lipinski definition) is 1. The number of hydrogen-bond acceptors (Lipinski definition) is 5. The maximum atomic E-state index is 12.2. The van der Waals surface area contributed by atoms with Crippen molar-refractivity contribution in [2.75, 3.05) is 7.11 Å². The number of benzene rings is 1. The molecule has 0 bridgehead atoms.